The predicted octanol–water partition coefficient (Wildman–Crippen LogP) is 2.50. The van der Waals surface area contributed by atoms with Gasteiger partial charge in [-0.1, -0.05) is 6.92 Å². The van der Waals surface area contributed by atoms with Crippen LogP contribution in [0.4, 0.5) is 0 Å². The second-order valence-corrected chi connectivity index (χ2v) is 6.55. The van der Waals surface area contributed by atoms with E-state index in [1.807, 2.05) is 13.0 Å². The van der Waals surface area contributed by atoms with Gasteiger partial charge in [0.25, 0.3) is 5.56 Å². The fourth-order valence-corrected chi connectivity index (χ4v) is 3.11. The number of methoxy groups -OCH3 is 1. The smallest absolute Gasteiger partial charge is 0.309 e. The van der Waals surface area contributed by atoms with Gasteiger partial charge < -0.3 is 4.74 Å². The summed E-state index contributed by atoms with van der Waals surface area (Å²) in [6.07, 6.45) is 1.70. The first-order valence-corrected chi connectivity index (χ1v) is 8.29. The Kier molecular flexibility index (Phi) is 5.41. The second-order valence-electron chi connectivity index (χ2n) is 4.60. The summed E-state index contributed by atoms with van der Waals surface area (Å²) >= 11 is 4.89. The molecule has 0 N–H and O–H groups in total. The van der Waals surface area contributed by atoms with Crippen LogP contribution in [-0.4, -0.2) is 28.2 Å². The summed E-state index contributed by atoms with van der Waals surface area (Å²) in [6, 6.07) is 5.16. The molecular weight excluding hydrogens is 356 g/mol. The van der Waals surface area contributed by atoms with E-state index in [0.29, 0.717) is 22.8 Å². The molecule has 2 aromatic heterocycles. The Morgan fingerprint density at radius 3 is 3.00 bits per heavy atom. The Morgan fingerprint density at radius 1 is 1.52 bits per heavy atom. The molecule has 1 atom stereocenters. The number of thioether (sulfide) groups is 1. The van der Waals surface area contributed by atoms with E-state index in [1.165, 1.54) is 17.6 Å². The van der Waals surface area contributed by atoms with Gasteiger partial charge in [-0.05, 0) is 28.1 Å². The Morgan fingerprint density at radius 2 is 2.29 bits per heavy atom. The number of pyridine rings is 1. The van der Waals surface area contributed by atoms with Gasteiger partial charge in [-0.3, -0.25) is 14.0 Å². The summed E-state index contributed by atoms with van der Waals surface area (Å²) < 4.78 is 7.00. The molecule has 21 heavy (non-hydrogen) atoms. The first-order chi connectivity index (χ1) is 10.0. The van der Waals surface area contributed by atoms with Gasteiger partial charge in [-0.25, -0.2) is 4.98 Å². The van der Waals surface area contributed by atoms with Crippen molar-refractivity contribution in [2.24, 2.45) is 5.92 Å². The number of halogens is 1. The largest absolute Gasteiger partial charge is 0.469 e. The molecule has 2 rings (SSSR count). The minimum absolute atomic E-state index is 0.113. The van der Waals surface area contributed by atoms with E-state index in [9.17, 15) is 9.59 Å². The van der Waals surface area contributed by atoms with Crippen LogP contribution in [0.2, 0.25) is 0 Å². The topological polar surface area (TPSA) is 60.7 Å². The zero-order valence-electron chi connectivity index (χ0n) is 11.7. The average molecular weight is 371 g/mol. The molecule has 0 saturated heterocycles. The van der Waals surface area contributed by atoms with E-state index in [2.05, 4.69) is 25.7 Å². The number of hydrogen-bond donors (Lipinski definition) is 0. The minimum Gasteiger partial charge on any atom is -0.469 e. The number of hydrogen-bond acceptors (Lipinski definition) is 5. The number of carbonyl (C=O) groups is 1. The summed E-state index contributed by atoms with van der Waals surface area (Å²) in [7, 11) is 1.38. The van der Waals surface area contributed by atoms with Crippen LogP contribution < -0.4 is 5.56 Å². The van der Waals surface area contributed by atoms with Gasteiger partial charge in [0, 0.05) is 28.2 Å². The van der Waals surface area contributed by atoms with Crippen molar-refractivity contribution in [2.45, 2.75) is 12.7 Å². The highest BCUT2D eigenvalue weighted by Gasteiger charge is 2.13. The first kappa shape index (κ1) is 16.0. The fourth-order valence-electron chi connectivity index (χ4n) is 1.81. The molecule has 0 spiro atoms. The van der Waals surface area contributed by atoms with Gasteiger partial charge in [-0.15, -0.1) is 0 Å². The Bertz CT molecular complexity index is 717. The Balaban J connectivity index is 2.08. The first-order valence-electron chi connectivity index (χ1n) is 6.34. The van der Waals surface area contributed by atoms with Crippen molar-refractivity contribution in [1.82, 2.24) is 9.38 Å². The summed E-state index contributed by atoms with van der Waals surface area (Å²) in [6.45, 7) is 1.82. The fraction of sp³-hybridized carbons (Fsp3) is 0.357. The van der Waals surface area contributed by atoms with Gasteiger partial charge in [0.05, 0.1) is 18.7 Å². The van der Waals surface area contributed by atoms with Crippen molar-refractivity contribution < 1.29 is 9.53 Å². The van der Waals surface area contributed by atoms with Crippen LogP contribution in [-0.2, 0) is 15.3 Å². The van der Waals surface area contributed by atoms with Crippen LogP contribution in [0.25, 0.3) is 5.65 Å². The van der Waals surface area contributed by atoms with Gasteiger partial charge in [0.15, 0.2) is 0 Å². The number of carbonyl (C=O) groups excluding carboxylic acids is 1. The molecule has 0 amide bonds. The third kappa shape index (κ3) is 4.07. The number of ether oxygens (including phenoxy) is 1. The highest BCUT2D eigenvalue weighted by molar-refractivity contribution is 9.10. The molecule has 5 nitrogen and oxygen atoms in total. The quantitative estimate of drug-likeness (QED) is 0.756. The molecule has 7 heteroatoms. The molecule has 0 radical (unpaired) electrons. The van der Waals surface area contributed by atoms with Crippen molar-refractivity contribution in [3.8, 4) is 0 Å². The molecule has 1 unspecified atom stereocenters. The summed E-state index contributed by atoms with van der Waals surface area (Å²) in [5, 5.41) is 0. The molecular formula is C14H15BrN2O3S. The van der Waals surface area contributed by atoms with E-state index in [0.717, 1.165) is 4.47 Å². The molecule has 0 aliphatic carbocycles. The van der Waals surface area contributed by atoms with Crippen LogP contribution in [0, 0.1) is 5.92 Å². The van der Waals surface area contributed by atoms with Gasteiger partial charge >= 0.3 is 5.97 Å². The predicted molar refractivity (Wildman–Crippen MR) is 86.5 cm³/mol. The number of rotatable bonds is 5. The zero-order chi connectivity index (χ0) is 15.4. The van der Waals surface area contributed by atoms with Crippen LogP contribution >= 0.6 is 27.7 Å². The van der Waals surface area contributed by atoms with E-state index in [-0.39, 0.29) is 17.4 Å². The molecule has 0 bridgehead atoms. The SMILES string of the molecule is COC(=O)C(C)CSCc1cc(=O)n2cc(Br)ccc2n1. The minimum atomic E-state index is -0.223. The van der Waals surface area contributed by atoms with Crippen molar-refractivity contribution in [2.75, 3.05) is 12.9 Å². The van der Waals surface area contributed by atoms with Gasteiger partial charge in [0.1, 0.15) is 5.65 Å². The van der Waals surface area contributed by atoms with E-state index in [4.69, 9.17) is 0 Å². The van der Waals surface area contributed by atoms with E-state index < -0.39 is 0 Å². The highest BCUT2D eigenvalue weighted by atomic mass is 79.9. The summed E-state index contributed by atoms with van der Waals surface area (Å²) in [5.41, 5.74) is 1.21. The van der Waals surface area contributed by atoms with Crippen molar-refractivity contribution in [3.63, 3.8) is 0 Å². The van der Waals surface area contributed by atoms with Crippen LogP contribution in [0.15, 0.2) is 33.7 Å². The number of fused-ring (bicyclic) bond motifs is 1. The Labute approximate surface area is 134 Å². The maximum atomic E-state index is 12.0. The lowest BCUT2D eigenvalue weighted by Gasteiger charge is -2.08. The van der Waals surface area contributed by atoms with Gasteiger partial charge in [-0.2, -0.15) is 11.8 Å². The lowest BCUT2D eigenvalue weighted by molar-refractivity contribution is -0.143. The maximum absolute atomic E-state index is 12.0. The number of nitrogens with zero attached hydrogens (tertiary/aromatic N) is 2. The second kappa shape index (κ2) is 7.09. The van der Waals surface area contributed by atoms with Crippen molar-refractivity contribution in [3.05, 3.63) is 44.9 Å². The Hall–Kier alpha value is -1.34. The molecule has 0 aromatic carbocycles. The third-order valence-electron chi connectivity index (χ3n) is 2.90. The monoisotopic (exact) mass is 370 g/mol. The molecule has 2 heterocycles. The van der Waals surface area contributed by atoms with Crippen molar-refractivity contribution in [1.29, 1.82) is 0 Å². The molecule has 2 aromatic rings. The van der Waals surface area contributed by atoms with Gasteiger partial charge in [0.2, 0.25) is 0 Å². The molecule has 0 fully saturated rings. The van der Waals surface area contributed by atoms with Crippen LogP contribution in [0.3, 0.4) is 0 Å². The standard InChI is InChI=1S/C14H15BrN2O3S/c1-9(14(19)20-2)7-21-8-11-5-13(18)17-6-10(15)3-4-12(17)16-11/h3-6,9H,7-8H2,1-2H3. The lowest BCUT2D eigenvalue weighted by Crippen LogP contribution is -2.16. The average Bonchev–Trinajstić information content (AvgIpc) is 2.47. The molecule has 0 aliphatic rings. The molecule has 0 saturated carbocycles. The third-order valence-corrected chi connectivity index (χ3v) is 4.60. The van der Waals surface area contributed by atoms with Crippen LogP contribution in [0.1, 0.15) is 12.6 Å². The number of esters is 1. The van der Waals surface area contributed by atoms with E-state index in [1.54, 1.807) is 24.0 Å². The number of aromatic nitrogens is 2. The molecule has 112 valence electrons. The molecule has 0 aliphatic heterocycles. The summed E-state index contributed by atoms with van der Waals surface area (Å²) in [5.74, 6) is 0.827. The normalized spacial score (nSPS) is 12.3. The summed E-state index contributed by atoms with van der Waals surface area (Å²) in [4.78, 5) is 27.8. The lowest BCUT2D eigenvalue weighted by atomic mass is 10.2. The zero-order valence-corrected chi connectivity index (χ0v) is 14.1. The van der Waals surface area contributed by atoms with Crippen LogP contribution in [0.5, 0.6) is 0 Å². The highest BCUT2D eigenvalue weighted by Crippen LogP contribution is 2.15. The van der Waals surface area contributed by atoms with E-state index >= 15 is 0 Å². The van der Waals surface area contributed by atoms with Crippen molar-refractivity contribution >= 4 is 39.3 Å². The maximum Gasteiger partial charge on any atom is 0.309 e.